The first-order valence-electron chi connectivity index (χ1n) is 6.28. The van der Waals surface area contributed by atoms with Crippen LogP contribution in [-0.4, -0.2) is 44.0 Å². The Morgan fingerprint density at radius 1 is 1.32 bits per heavy atom. The predicted molar refractivity (Wildman–Crippen MR) is 70.1 cm³/mol. The van der Waals surface area contributed by atoms with E-state index in [-0.39, 0.29) is 11.6 Å². The minimum absolute atomic E-state index is 0.00102. The Balaban J connectivity index is 2.63. The molecule has 0 aliphatic rings. The van der Waals surface area contributed by atoms with Crippen molar-refractivity contribution in [1.82, 2.24) is 14.3 Å². The average molecular weight is 291 g/mol. The first-order valence-corrected chi connectivity index (χ1v) is 7.76. The number of aryl methyl sites for hydroxylation is 1. The third-order valence-corrected chi connectivity index (χ3v) is 3.70. The van der Waals surface area contributed by atoms with Crippen LogP contribution in [0.25, 0.3) is 0 Å². The average Bonchev–Trinajstić information content (AvgIpc) is 2.86. The summed E-state index contributed by atoms with van der Waals surface area (Å²) in [6, 6.07) is 0. The van der Waals surface area contributed by atoms with E-state index in [0.717, 1.165) is 0 Å². The van der Waals surface area contributed by atoms with Gasteiger partial charge in [-0.1, -0.05) is 0 Å². The Labute approximate surface area is 114 Å². The first kappa shape index (κ1) is 16.1. The van der Waals surface area contributed by atoms with Crippen molar-refractivity contribution in [1.29, 1.82) is 0 Å². The highest BCUT2D eigenvalue weighted by molar-refractivity contribution is 7.89. The van der Waals surface area contributed by atoms with Crippen molar-refractivity contribution < 1.29 is 17.9 Å². The SMILES string of the molecule is CCOC(CNS(=O)(=O)c1cn(CC)cn1)OCC. The standard InChI is InChI=1S/C11H21N3O4S/c1-4-14-8-10(12-9-14)19(15,16)13-7-11(17-5-2)18-6-3/h8-9,11,13H,4-7H2,1-3H3. The molecule has 1 rings (SSSR count). The summed E-state index contributed by atoms with van der Waals surface area (Å²) in [5.74, 6) is 0. The molecule has 0 fully saturated rings. The van der Waals surface area contributed by atoms with Gasteiger partial charge in [0, 0.05) is 26.0 Å². The molecular formula is C11H21N3O4S. The van der Waals surface area contributed by atoms with E-state index in [1.807, 2.05) is 20.8 Å². The molecule has 7 nitrogen and oxygen atoms in total. The second-order valence-corrected chi connectivity index (χ2v) is 5.45. The van der Waals surface area contributed by atoms with Gasteiger partial charge < -0.3 is 14.0 Å². The fourth-order valence-corrected chi connectivity index (χ4v) is 2.40. The Morgan fingerprint density at radius 2 is 1.95 bits per heavy atom. The lowest BCUT2D eigenvalue weighted by Gasteiger charge is -2.16. The number of imidazole rings is 1. The lowest BCUT2D eigenvalue weighted by atomic mass is 10.6. The van der Waals surface area contributed by atoms with Crippen LogP contribution in [0.4, 0.5) is 0 Å². The fourth-order valence-electron chi connectivity index (χ4n) is 1.44. The molecule has 1 heterocycles. The van der Waals surface area contributed by atoms with Gasteiger partial charge in [0.2, 0.25) is 0 Å². The molecular weight excluding hydrogens is 270 g/mol. The summed E-state index contributed by atoms with van der Waals surface area (Å²) in [5, 5.41) is 0.00102. The highest BCUT2D eigenvalue weighted by atomic mass is 32.2. The van der Waals surface area contributed by atoms with Crippen molar-refractivity contribution in [2.75, 3.05) is 19.8 Å². The highest BCUT2D eigenvalue weighted by Crippen LogP contribution is 2.05. The van der Waals surface area contributed by atoms with Crippen LogP contribution in [0, 0.1) is 0 Å². The molecule has 1 aromatic rings. The zero-order valence-electron chi connectivity index (χ0n) is 11.5. The molecule has 0 amide bonds. The maximum atomic E-state index is 12.0. The second-order valence-electron chi connectivity index (χ2n) is 3.73. The maximum absolute atomic E-state index is 12.0. The van der Waals surface area contributed by atoms with Gasteiger partial charge in [0.15, 0.2) is 11.3 Å². The van der Waals surface area contributed by atoms with Gasteiger partial charge in [0.25, 0.3) is 10.0 Å². The van der Waals surface area contributed by atoms with Gasteiger partial charge >= 0.3 is 0 Å². The summed E-state index contributed by atoms with van der Waals surface area (Å²) in [4.78, 5) is 3.86. The lowest BCUT2D eigenvalue weighted by Crippen LogP contribution is -2.35. The number of nitrogens with one attached hydrogen (secondary N) is 1. The van der Waals surface area contributed by atoms with Crippen molar-refractivity contribution in [2.24, 2.45) is 0 Å². The molecule has 0 saturated heterocycles. The van der Waals surface area contributed by atoms with Crippen LogP contribution in [0.1, 0.15) is 20.8 Å². The van der Waals surface area contributed by atoms with E-state index >= 15 is 0 Å². The van der Waals surface area contributed by atoms with Gasteiger partial charge in [-0.15, -0.1) is 0 Å². The zero-order chi connectivity index (χ0) is 14.3. The number of hydrogen-bond acceptors (Lipinski definition) is 5. The van der Waals surface area contributed by atoms with Gasteiger partial charge in [-0.2, -0.15) is 0 Å². The predicted octanol–water partition coefficient (Wildman–Crippen LogP) is 0.580. The Hall–Kier alpha value is -0.960. The maximum Gasteiger partial charge on any atom is 0.259 e. The first-order chi connectivity index (χ1) is 9.03. The molecule has 0 aromatic carbocycles. The van der Waals surface area contributed by atoms with Crippen LogP contribution in [0.3, 0.4) is 0 Å². The van der Waals surface area contributed by atoms with Crippen LogP contribution in [0.5, 0.6) is 0 Å². The second kappa shape index (κ2) is 7.59. The molecule has 0 atom stereocenters. The molecule has 8 heteroatoms. The van der Waals surface area contributed by atoms with E-state index < -0.39 is 16.3 Å². The summed E-state index contributed by atoms with van der Waals surface area (Å²) in [5.41, 5.74) is 0. The number of ether oxygens (including phenoxy) is 2. The number of rotatable bonds is 9. The largest absolute Gasteiger partial charge is 0.352 e. The van der Waals surface area contributed by atoms with Gasteiger partial charge in [-0.25, -0.2) is 18.1 Å². The summed E-state index contributed by atoms with van der Waals surface area (Å²) < 4.78 is 38.6. The highest BCUT2D eigenvalue weighted by Gasteiger charge is 2.19. The zero-order valence-corrected chi connectivity index (χ0v) is 12.3. The molecule has 0 unspecified atom stereocenters. The fraction of sp³-hybridized carbons (Fsp3) is 0.727. The summed E-state index contributed by atoms with van der Waals surface area (Å²) in [6.07, 6.45) is 2.38. The third kappa shape index (κ3) is 4.90. The summed E-state index contributed by atoms with van der Waals surface area (Å²) >= 11 is 0. The molecule has 0 aliphatic heterocycles. The van der Waals surface area contributed by atoms with Crippen LogP contribution in [-0.2, 0) is 26.0 Å². The van der Waals surface area contributed by atoms with Crippen LogP contribution >= 0.6 is 0 Å². The van der Waals surface area contributed by atoms with E-state index in [0.29, 0.717) is 19.8 Å². The van der Waals surface area contributed by atoms with Crippen molar-refractivity contribution in [2.45, 2.75) is 38.6 Å². The number of hydrogen-bond donors (Lipinski definition) is 1. The third-order valence-electron chi connectivity index (χ3n) is 2.40. The molecule has 0 radical (unpaired) electrons. The normalized spacial score (nSPS) is 12.2. The van der Waals surface area contributed by atoms with Gasteiger partial charge in [-0.05, 0) is 20.8 Å². The Kier molecular flexibility index (Phi) is 6.43. The molecule has 1 N–H and O–H groups in total. The number of aromatic nitrogens is 2. The molecule has 0 spiro atoms. The van der Waals surface area contributed by atoms with Crippen molar-refractivity contribution in [3.63, 3.8) is 0 Å². The summed E-state index contributed by atoms with van der Waals surface area (Å²) in [6.45, 7) is 7.19. The van der Waals surface area contributed by atoms with Gasteiger partial charge in [-0.3, -0.25) is 0 Å². The van der Waals surface area contributed by atoms with Gasteiger partial charge in [0.05, 0.1) is 12.9 Å². The van der Waals surface area contributed by atoms with Crippen LogP contribution < -0.4 is 4.72 Å². The van der Waals surface area contributed by atoms with E-state index in [4.69, 9.17) is 9.47 Å². The minimum Gasteiger partial charge on any atom is -0.352 e. The molecule has 19 heavy (non-hydrogen) atoms. The molecule has 110 valence electrons. The topological polar surface area (TPSA) is 82.5 Å². The Bertz CT molecular complexity index is 466. The molecule has 0 saturated carbocycles. The minimum atomic E-state index is -3.62. The van der Waals surface area contributed by atoms with Crippen molar-refractivity contribution in [3.8, 4) is 0 Å². The molecule has 1 aromatic heterocycles. The quantitative estimate of drug-likeness (QED) is 0.673. The van der Waals surface area contributed by atoms with Crippen LogP contribution in [0.2, 0.25) is 0 Å². The summed E-state index contributed by atoms with van der Waals surface area (Å²) in [7, 11) is -3.62. The van der Waals surface area contributed by atoms with E-state index in [1.165, 1.54) is 12.5 Å². The molecule has 0 aliphatic carbocycles. The van der Waals surface area contributed by atoms with Gasteiger partial charge in [0.1, 0.15) is 0 Å². The van der Waals surface area contributed by atoms with Crippen molar-refractivity contribution >= 4 is 10.0 Å². The van der Waals surface area contributed by atoms with Crippen molar-refractivity contribution in [3.05, 3.63) is 12.5 Å². The smallest absolute Gasteiger partial charge is 0.259 e. The van der Waals surface area contributed by atoms with E-state index in [9.17, 15) is 8.42 Å². The number of sulfonamides is 1. The van der Waals surface area contributed by atoms with E-state index in [1.54, 1.807) is 4.57 Å². The Morgan fingerprint density at radius 3 is 2.42 bits per heavy atom. The number of nitrogens with zero attached hydrogens (tertiary/aromatic N) is 2. The molecule has 0 bridgehead atoms. The van der Waals surface area contributed by atoms with E-state index in [2.05, 4.69) is 9.71 Å². The lowest BCUT2D eigenvalue weighted by molar-refractivity contribution is -0.130. The van der Waals surface area contributed by atoms with Crippen LogP contribution in [0.15, 0.2) is 17.6 Å². The monoisotopic (exact) mass is 291 g/mol.